The normalized spacial score (nSPS) is 10.6. The predicted molar refractivity (Wildman–Crippen MR) is 114 cm³/mol. The molecule has 156 valence electrons. The van der Waals surface area contributed by atoms with Gasteiger partial charge in [0.05, 0.1) is 21.4 Å². The molecule has 2 aromatic carbocycles. The summed E-state index contributed by atoms with van der Waals surface area (Å²) in [6.07, 6.45) is 1.40. The number of nitrogens with one attached hydrogen (secondary N) is 2. The van der Waals surface area contributed by atoms with E-state index >= 15 is 0 Å². The highest BCUT2D eigenvalue weighted by atomic mass is 32.1. The topological polar surface area (TPSA) is 137 Å². The van der Waals surface area contributed by atoms with Crippen molar-refractivity contribution in [3.63, 3.8) is 0 Å². The maximum Gasteiger partial charge on any atom is 0.310 e. The first-order valence-corrected chi connectivity index (χ1v) is 9.73. The van der Waals surface area contributed by atoms with Gasteiger partial charge in [-0.15, -0.1) is 0 Å². The number of hydrogen-bond acceptors (Lipinski definition) is 8. The average molecular weight is 438 g/mol. The summed E-state index contributed by atoms with van der Waals surface area (Å²) >= 11 is 1.24. The van der Waals surface area contributed by atoms with Gasteiger partial charge in [0.15, 0.2) is 23.2 Å². The van der Waals surface area contributed by atoms with Gasteiger partial charge in [-0.25, -0.2) is 4.98 Å². The molecule has 0 spiro atoms. The second-order valence-corrected chi connectivity index (χ2v) is 7.23. The van der Waals surface area contributed by atoms with E-state index in [1.54, 1.807) is 36.4 Å². The number of furan rings is 1. The smallest absolute Gasteiger partial charge is 0.310 e. The molecule has 4 aromatic rings. The van der Waals surface area contributed by atoms with Crippen LogP contribution in [0.15, 0.2) is 65.3 Å². The Bertz CT molecular complexity index is 1270. The lowest BCUT2D eigenvalue weighted by Gasteiger charge is -2.07. The van der Waals surface area contributed by atoms with Crippen molar-refractivity contribution < 1.29 is 23.7 Å². The lowest BCUT2D eigenvalue weighted by Crippen LogP contribution is -2.20. The van der Waals surface area contributed by atoms with Crippen LogP contribution in [0.5, 0.6) is 5.75 Å². The van der Waals surface area contributed by atoms with Gasteiger partial charge in [-0.1, -0.05) is 23.5 Å². The number of ether oxygens (including phenoxy) is 1. The molecule has 0 saturated carbocycles. The van der Waals surface area contributed by atoms with Gasteiger partial charge in [0, 0.05) is 11.8 Å². The fraction of sp³-hybridized carbons (Fsp3) is 0.0500. The van der Waals surface area contributed by atoms with Gasteiger partial charge >= 0.3 is 5.69 Å². The Morgan fingerprint density at radius 2 is 1.97 bits per heavy atom. The summed E-state index contributed by atoms with van der Waals surface area (Å²) in [4.78, 5) is 39.0. The van der Waals surface area contributed by atoms with Crippen molar-refractivity contribution in [1.82, 2.24) is 4.98 Å². The Balaban J connectivity index is 1.40. The van der Waals surface area contributed by atoms with E-state index in [2.05, 4.69) is 15.6 Å². The molecular weight excluding hydrogens is 424 g/mol. The highest BCUT2D eigenvalue weighted by Gasteiger charge is 2.16. The third kappa shape index (κ3) is 4.67. The van der Waals surface area contributed by atoms with E-state index in [0.29, 0.717) is 16.3 Å². The van der Waals surface area contributed by atoms with Crippen LogP contribution in [0.3, 0.4) is 0 Å². The number of para-hydroxylation sites is 2. The van der Waals surface area contributed by atoms with Gasteiger partial charge in [0.25, 0.3) is 11.8 Å². The number of hydrogen-bond donors (Lipinski definition) is 2. The Morgan fingerprint density at radius 1 is 1.13 bits per heavy atom. The van der Waals surface area contributed by atoms with E-state index in [9.17, 15) is 19.7 Å². The van der Waals surface area contributed by atoms with Gasteiger partial charge < -0.3 is 14.5 Å². The summed E-state index contributed by atoms with van der Waals surface area (Å²) in [6, 6.07) is 14.0. The summed E-state index contributed by atoms with van der Waals surface area (Å²) in [6.45, 7) is -0.393. The third-order valence-corrected chi connectivity index (χ3v) is 4.99. The molecule has 0 unspecified atom stereocenters. The van der Waals surface area contributed by atoms with E-state index in [-0.39, 0.29) is 17.2 Å². The minimum atomic E-state index is -0.576. The number of anilines is 2. The van der Waals surface area contributed by atoms with Crippen molar-refractivity contribution in [2.45, 2.75) is 0 Å². The van der Waals surface area contributed by atoms with Crippen LogP contribution >= 0.6 is 11.3 Å². The second-order valence-electron chi connectivity index (χ2n) is 6.19. The SMILES string of the molecule is O=C(COc1ccccc1[N+](=O)[O-])Nc1ccc2nc(NC(=O)c3ccco3)sc2c1. The molecule has 0 aliphatic heterocycles. The minimum Gasteiger partial charge on any atom is -0.477 e. The fourth-order valence-corrected chi connectivity index (χ4v) is 3.59. The molecule has 2 aromatic heterocycles. The zero-order valence-electron chi connectivity index (χ0n) is 15.7. The number of amides is 2. The molecule has 2 heterocycles. The Hall–Kier alpha value is -4.25. The summed E-state index contributed by atoms with van der Waals surface area (Å²) in [5.74, 6) is -0.707. The summed E-state index contributed by atoms with van der Waals surface area (Å²) in [7, 11) is 0. The van der Waals surface area contributed by atoms with E-state index in [0.717, 1.165) is 4.70 Å². The monoisotopic (exact) mass is 438 g/mol. The maximum absolute atomic E-state index is 12.2. The maximum atomic E-state index is 12.2. The fourth-order valence-electron chi connectivity index (χ4n) is 2.69. The van der Waals surface area contributed by atoms with Gasteiger partial charge in [-0.2, -0.15) is 0 Å². The molecule has 10 nitrogen and oxygen atoms in total. The molecule has 4 rings (SSSR count). The lowest BCUT2D eigenvalue weighted by atomic mass is 10.3. The van der Waals surface area contributed by atoms with Gasteiger partial charge in [0.2, 0.25) is 0 Å². The zero-order valence-corrected chi connectivity index (χ0v) is 16.5. The molecule has 0 fully saturated rings. The first-order chi connectivity index (χ1) is 15.0. The Kier molecular flexibility index (Phi) is 5.58. The van der Waals surface area contributed by atoms with Crippen LogP contribution in [0.4, 0.5) is 16.5 Å². The number of benzene rings is 2. The Labute approximate surface area is 178 Å². The van der Waals surface area contributed by atoms with Crippen molar-refractivity contribution >= 4 is 49.9 Å². The van der Waals surface area contributed by atoms with Gasteiger partial charge in [-0.05, 0) is 36.4 Å². The van der Waals surface area contributed by atoms with Gasteiger partial charge in [0.1, 0.15) is 0 Å². The largest absolute Gasteiger partial charge is 0.477 e. The van der Waals surface area contributed by atoms with Crippen LogP contribution in [0.2, 0.25) is 0 Å². The van der Waals surface area contributed by atoms with Crippen molar-refractivity contribution in [3.05, 3.63) is 76.7 Å². The number of thiazole rings is 1. The minimum absolute atomic E-state index is 0.0116. The Morgan fingerprint density at radius 3 is 2.74 bits per heavy atom. The molecule has 0 aliphatic rings. The predicted octanol–water partition coefficient (Wildman–Crippen LogP) is 4.07. The van der Waals surface area contributed by atoms with Crippen LogP contribution in [-0.4, -0.2) is 28.3 Å². The molecule has 0 saturated heterocycles. The first-order valence-electron chi connectivity index (χ1n) is 8.91. The highest BCUT2D eigenvalue weighted by molar-refractivity contribution is 7.22. The zero-order chi connectivity index (χ0) is 21.8. The van der Waals surface area contributed by atoms with E-state index in [1.165, 1.54) is 35.8 Å². The molecular formula is C20H14N4O6S. The second kappa shape index (κ2) is 8.63. The van der Waals surface area contributed by atoms with Crippen LogP contribution in [0.1, 0.15) is 10.6 Å². The van der Waals surface area contributed by atoms with Crippen molar-refractivity contribution in [2.24, 2.45) is 0 Å². The molecule has 2 amide bonds. The lowest BCUT2D eigenvalue weighted by molar-refractivity contribution is -0.385. The van der Waals surface area contributed by atoms with E-state index < -0.39 is 23.3 Å². The van der Waals surface area contributed by atoms with Gasteiger partial charge in [-0.3, -0.25) is 25.0 Å². The van der Waals surface area contributed by atoms with Crippen LogP contribution in [0.25, 0.3) is 10.2 Å². The van der Waals surface area contributed by atoms with E-state index in [4.69, 9.17) is 9.15 Å². The molecule has 0 bridgehead atoms. The van der Waals surface area contributed by atoms with E-state index in [1.807, 2.05) is 0 Å². The molecule has 11 heteroatoms. The number of carbonyl (C=O) groups is 2. The summed E-state index contributed by atoms with van der Waals surface area (Å²) in [5, 5.41) is 16.7. The number of rotatable bonds is 7. The standard InChI is InChI=1S/C20H14N4O6S/c25-18(11-30-15-5-2-1-4-14(15)24(27)28)21-12-7-8-13-17(10-12)31-20(22-13)23-19(26)16-6-3-9-29-16/h1-10H,11H2,(H,21,25)(H,22,23,26). The molecule has 31 heavy (non-hydrogen) atoms. The number of nitro groups is 1. The average Bonchev–Trinajstić information content (AvgIpc) is 3.42. The molecule has 0 atom stereocenters. The van der Waals surface area contributed by atoms with Crippen LogP contribution in [-0.2, 0) is 4.79 Å². The molecule has 0 aliphatic carbocycles. The number of aromatic nitrogens is 1. The van der Waals surface area contributed by atoms with Crippen LogP contribution in [0, 0.1) is 10.1 Å². The molecule has 0 radical (unpaired) electrons. The third-order valence-electron chi connectivity index (χ3n) is 4.06. The summed E-state index contributed by atoms with van der Waals surface area (Å²) in [5.41, 5.74) is 0.927. The van der Waals surface area contributed by atoms with Crippen molar-refractivity contribution in [3.8, 4) is 5.75 Å². The number of nitrogens with zero attached hydrogens (tertiary/aromatic N) is 2. The highest BCUT2D eigenvalue weighted by Crippen LogP contribution is 2.29. The summed E-state index contributed by atoms with van der Waals surface area (Å²) < 4.78 is 11.1. The number of nitro benzene ring substituents is 1. The first kappa shape index (κ1) is 20.0. The number of carbonyl (C=O) groups excluding carboxylic acids is 2. The van der Waals surface area contributed by atoms with Crippen molar-refractivity contribution in [1.29, 1.82) is 0 Å². The van der Waals surface area contributed by atoms with Crippen LogP contribution < -0.4 is 15.4 Å². The molecule has 2 N–H and O–H groups in total. The van der Waals surface area contributed by atoms with Crippen molar-refractivity contribution in [2.75, 3.05) is 17.2 Å². The quantitative estimate of drug-likeness (QED) is 0.328. The number of fused-ring (bicyclic) bond motifs is 1.